The Kier molecular flexibility index (Phi) is 5.12. The molecule has 5 fully saturated rings. The Morgan fingerprint density at radius 1 is 1.16 bits per heavy atom. The zero-order valence-electron chi connectivity index (χ0n) is 19.0. The van der Waals surface area contributed by atoms with E-state index in [1.165, 1.54) is 17.7 Å². The van der Waals surface area contributed by atoms with Crippen molar-refractivity contribution in [2.24, 2.45) is 11.8 Å². The van der Waals surface area contributed by atoms with Gasteiger partial charge in [-0.25, -0.2) is 0 Å². The lowest BCUT2D eigenvalue weighted by Crippen LogP contribution is -2.57. The van der Waals surface area contributed by atoms with E-state index in [-0.39, 0.29) is 23.9 Å². The molecule has 0 radical (unpaired) electrons. The molecule has 1 aromatic rings. The van der Waals surface area contributed by atoms with Crippen LogP contribution in [0.1, 0.15) is 56.4 Å². The Bertz CT molecular complexity index is 901. The molecule has 7 nitrogen and oxygen atoms in total. The maximum absolute atomic E-state index is 13.4. The number of fused-ring (bicyclic) bond motifs is 2. The van der Waals surface area contributed by atoms with Crippen molar-refractivity contribution in [3.8, 4) is 0 Å². The Balaban J connectivity index is 1.12. The van der Waals surface area contributed by atoms with Crippen molar-refractivity contribution >= 4 is 17.5 Å². The molecule has 5 atom stereocenters. The number of carbonyl (C=O) groups is 2. The summed E-state index contributed by atoms with van der Waals surface area (Å²) >= 11 is 0. The number of likely N-dealkylation sites (tertiary alicyclic amines) is 1. The average Bonchev–Trinajstić information content (AvgIpc) is 3.33. The fourth-order valence-electron chi connectivity index (χ4n) is 6.64. The number of ether oxygens (including phenoxy) is 1. The summed E-state index contributed by atoms with van der Waals surface area (Å²) in [6.45, 7) is 3.25. The van der Waals surface area contributed by atoms with Gasteiger partial charge in [-0.1, -0.05) is 0 Å². The topological polar surface area (TPSA) is 66.0 Å². The summed E-state index contributed by atoms with van der Waals surface area (Å²) in [4.78, 5) is 37.1. The van der Waals surface area contributed by atoms with Crippen LogP contribution < -0.4 is 4.90 Å². The molecule has 4 aliphatic heterocycles. The summed E-state index contributed by atoms with van der Waals surface area (Å²) in [6, 6.07) is 2.59. The first kappa shape index (κ1) is 20.5. The standard InChI is InChI=1S/C25H34N4O3/c1-32-15-20-7-9-28(20)22-6-8-26-12-21(22)18-13-27(14-18)25(31)23-4-3-19-11-17-10-16(17)2-5-24(30)29(19)23/h6,8,12,16-20,23H,2-5,7,9-11,13-15H2,1H3/t16-,17+,19+,20-,23-/m0/s1. The van der Waals surface area contributed by atoms with E-state index in [1.807, 2.05) is 22.2 Å². The number of hydrogen-bond acceptors (Lipinski definition) is 5. The first-order chi connectivity index (χ1) is 15.6. The summed E-state index contributed by atoms with van der Waals surface area (Å²) in [5.74, 6) is 2.27. The molecule has 4 saturated heterocycles. The minimum atomic E-state index is -0.237. The normalized spacial score (nSPS) is 34.2. The van der Waals surface area contributed by atoms with Gasteiger partial charge in [0.2, 0.25) is 11.8 Å². The lowest BCUT2D eigenvalue weighted by molar-refractivity contribution is -0.148. The molecule has 0 aromatic carbocycles. The fraction of sp³-hybridized carbons (Fsp3) is 0.720. The third kappa shape index (κ3) is 3.40. The fourth-order valence-corrected chi connectivity index (χ4v) is 6.64. The highest BCUT2D eigenvalue weighted by Gasteiger charge is 2.50. The molecule has 2 amide bonds. The maximum atomic E-state index is 13.4. The number of rotatable bonds is 5. The molecule has 0 N–H and O–H groups in total. The number of nitrogens with zero attached hydrogens (tertiary/aromatic N) is 4. The highest BCUT2D eigenvalue weighted by atomic mass is 16.5. The molecule has 6 rings (SSSR count). The van der Waals surface area contributed by atoms with E-state index in [1.54, 1.807) is 7.11 Å². The lowest BCUT2D eigenvalue weighted by Gasteiger charge is -2.47. The van der Waals surface area contributed by atoms with Crippen LogP contribution in [0.2, 0.25) is 0 Å². The molecule has 32 heavy (non-hydrogen) atoms. The van der Waals surface area contributed by atoms with E-state index in [0.717, 1.165) is 70.2 Å². The summed E-state index contributed by atoms with van der Waals surface area (Å²) in [5.41, 5.74) is 2.48. The van der Waals surface area contributed by atoms with Gasteiger partial charge in [0.05, 0.1) is 12.6 Å². The van der Waals surface area contributed by atoms with Crippen LogP contribution in [0.25, 0.3) is 0 Å². The number of amides is 2. The molecule has 0 bridgehead atoms. The zero-order valence-corrected chi connectivity index (χ0v) is 19.0. The predicted molar refractivity (Wildman–Crippen MR) is 120 cm³/mol. The van der Waals surface area contributed by atoms with Crippen LogP contribution in [0, 0.1) is 11.8 Å². The van der Waals surface area contributed by atoms with Gasteiger partial charge < -0.3 is 19.4 Å². The van der Waals surface area contributed by atoms with Gasteiger partial charge >= 0.3 is 0 Å². The first-order valence-electron chi connectivity index (χ1n) is 12.4. The Morgan fingerprint density at radius 2 is 2.03 bits per heavy atom. The molecule has 5 aliphatic rings. The van der Waals surface area contributed by atoms with Gasteiger partial charge in [0.25, 0.3) is 0 Å². The molecule has 0 unspecified atom stereocenters. The van der Waals surface area contributed by atoms with Crippen molar-refractivity contribution in [2.45, 2.75) is 69.0 Å². The number of anilines is 1. The lowest BCUT2D eigenvalue weighted by atomic mass is 9.88. The van der Waals surface area contributed by atoms with E-state index >= 15 is 0 Å². The van der Waals surface area contributed by atoms with Crippen molar-refractivity contribution in [2.75, 3.05) is 38.3 Å². The second kappa shape index (κ2) is 8.01. The van der Waals surface area contributed by atoms with Gasteiger partial charge in [-0.3, -0.25) is 14.6 Å². The van der Waals surface area contributed by atoms with Gasteiger partial charge in [0.15, 0.2) is 0 Å². The van der Waals surface area contributed by atoms with E-state index in [0.29, 0.717) is 18.4 Å². The van der Waals surface area contributed by atoms with Gasteiger partial charge in [0, 0.05) is 68.8 Å². The zero-order chi connectivity index (χ0) is 21.8. The van der Waals surface area contributed by atoms with Crippen molar-refractivity contribution in [3.63, 3.8) is 0 Å². The van der Waals surface area contributed by atoms with E-state index in [4.69, 9.17) is 4.74 Å². The molecular weight excluding hydrogens is 404 g/mol. The van der Waals surface area contributed by atoms with Gasteiger partial charge in [-0.15, -0.1) is 0 Å². The molecule has 7 heteroatoms. The van der Waals surface area contributed by atoms with Crippen LogP contribution in [-0.4, -0.2) is 78.1 Å². The van der Waals surface area contributed by atoms with Crippen molar-refractivity contribution in [1.29, 1.82) is 0 Å². The Morgan fingerprint density at radius 3 is 2.81 bits per heavy atom. The van der Waals surface area contributed by atoms with Crippen LogP contribution in [0.3, 0.4) is 0 Å². The number of carbonyl (C=O) groups excluding carboxylic acids is 2. The van der Waals surface area contributed by atoms with Crippen LogP contribution in [0.15, 0.2) is 18.5 Å². The minimum Gasteiger partial charge on any atom is -0.383 e. The quantitative estimate of drug-likeness (QED) is 0.706. The molecule has 0 spiro atoms. The number of hydrogen-bond donors (Lipinski definition) is 0. The van der Waals surface area contributed by atoms with Crippen LogP contribution in [0.4, 0.5) is 5.69 Å². The molecule has 1 aliphatic carbocycles. The molecule has 1 aromatic heterocycles. The number of pyridine rings is 1. The molecule has 5 heterocycles. The van der Waals surface area contributed by atoms with Gasteiger partial charge in [-0.2, -0.15) is 0 Å². The SMILES string of the molecule is COC[C@@H]1CCN1c1ccncc1C1CN(C(=O)[C@@H]2CC[C@@H]3C[C@H]4C[C@@H]4CCC(=O)N32)C1. The predicted octanol–water partition coefficient (Wildman–Crippen LogP) is 2.41. The van der Waals surface area contributed by atoms with Gasteiger partial charge in [-0.05, 0) is 56.4 Å². The van der Waals surface area contributed by atoms with Crippen molar-refractivity contribution in [1.82, 2.24) is 14.8 Å². The summed E-state index contributed by atoms with van der Waals surface area (Å²) in [6.07, 6.45) is 10.9. The summed E-state index contributed by atoms with van der Waals surface area (Å²) in [5, 5.41) is 0. The van der Waals surface area contributed by atoms with E-state index in [2.05, 4.69) is 16.0 Å². The van der Waals surface area contributed by atoms with E-state index in [9.17, 15) is 9.59 Å². The van der Waals surface area contributed by atoms with Crippen molar-refractivity contribution < 1.29 is 14.3 Å². The van der Waals surface area contributed by atoms with E-state index < -0.39 is 0 Å². The highest BCUT2D eigenvalue weighted by molar-refractivity contribution is 5.89. The average molecular weight is 439 g/mol. The van der Waals surface area contributed by atoms with Crippen LogP contribution in [-0.2, 0) is 14.3 Å². The largest absolute Gasteiger partial charge is 0.383 e. The van der Waals surface area contributed by atoms with Gasteiger partial charge in [0.1, 0.15) is 6.04 Å². The van der Waals surface area contributed by atoms with Crippen LogP contribution >= 0.6 is 0 Å². The summed E-state index contributed by atoms with van der Waals surface area (Å²) in [7, 11) is 1.76. The second-order valence-corrected chi connectivity index (χ2v) is 10.5. The summed E-state index contributed by atoms with van der Waals surface area (Å²) < 4.78 is 5.38. The second-order valence-electron chi connectivity index (χ2n) is 10.5. The van der Waals surface area contributed by atoms with Crippen LogP contribution in [0.5, 0.6) is 0 Å². The highest BCUT2D eigenvalue weighted by Crippen LogP contribution is 2.49. The number of methoxy groups -OCH3 is 1. The molecular formula is C25H34N4O3. The monoisotopic (exact) mass is 438 g/mol. The number of aromatic nitrogens is 1. The third-order valence-electron chi connectivity index (χ3n) is 8.72. The maximum Gasteiger partial charge on any atom is 0.245 e. The Labute approximate surface area is 190 Å². The smallest absolute Gasteiger partial charge is 0.245 e. The van der Waals surface area contributed by atoms with Crippen molar-refractivity contribution in [3.05, 3.63) is 24.0 Å². The molecule has 1 saturated carbocycles. The third-order valence-corrected chi connectivity index (χ3v) is 8.72. The minimum absolute atomic E-state index is 0.164. The molecule has 172 valence electrons. The Hall–Kier alpha value is -2.15. The first-order valence-corrected chi connectivity index (χ1v) is 12.4.